The first-order chi connectivity index (χ1) is 11.1. The van der Waals surface area contributed by atoms with E-state index >= 15 is 0 Å². The molecule has 1 amide bonds. The number of hydrogen-bond donors (Lipinski definition) is 1. The van der Waals surface area contributed by atoms with Gasteiger partial charge in [0.25, 0.3) is 5.91 Å². The van der Waals surface area contributed by atoms with Crippen molar-refractivity contribution in [3.8, 4) is 0 Å². The Morgan fingerprint density at radius 3 is 2.43 bits per heavy atom. The smallest absolute Gasteiger partial charge is 0.257 e. The van der Waals surface area contributed by atoms with E-state index in [1.165, 1.54) is 10.8 Å². The summed E-state index contributed by atoms with van der Waals surface area (Å²) in [4.78, 5) is 14.5. The Labute approximate surface area is 135 Å². The van der Waals surface area contributed by atoms with E-state index < -0.39 is 5.66 Å². The largest absolute Gasteiger partial charge is 0.358 e. The summed E-state index contributed by atoms with van der Waals surface area (Å²) in [6.07, 6.45) is 0. The van der Waals surface area contributed by atoms with Crippen molar-refractivity contribution < 1.29 is 4.79 Å². The van der Waals surface area contributed by atoms with Crippen molar-refractivity contribution in [1.29, 1.82) is 0 Å². The molecule has 1 atom stereocenters. The molecule has 0 fully saturated rings. The molecule has 114 valence electrons. The summed E-state index contributed by atoms with van der Waals surface area (Å²) in [5.41, 5.74) is 2.09. The molecule has 1 unspecified atom stereocenters. The van der Waals surface area contributed by atoms with Crippen LogP contribution < -0.4 is 5.32 Å². The fourth-order valence-electron chi connectivity index (χ4n) is 3.27. The van der Waals surface area contributed by atoms with Crippen molar-refractivity contribution in [3.05, 3.63) is 77.9 Å². The number of anilines is 1. The van der Waals surface area contributed by atoms with Crippen LogP contribution in [0, 0.1) is 0 Å². The summed E-state index contributed by atoms with van der Waals surface area (Å²) in [5, 5.41) is 5.91. The molecule has 0 radical (unpaired) electrons. The van der Waals surface area contributed by atoms with Gasteiger partial charge in [-0.05, 0) is 41.5 Å². The summed E-state index contributed by atoms with van der Waals surface area (Å²) in [7, 11) is 1.85. The van der Waals surface area contributed by atoms with Crippen LogP contribution in [-0.2, 0) is 5.66 Å². The van der Waals surface area contributed by atoms with E-state index in [4.69, 9.17) is 0 Å². The first-order valence-electron chi connectivity index (χ1n) is 7.74. The molecule has 4 rings (SSSR count). The van der Waals surface area contributed by atoms with Gasteiger partial charge in [0.05, 0.1) is 5.56 Å². The Morgan fingerprint density at radius 2 is 1.61 bits per heavy atom. The highest BCUT2D eigenvalue weighted by molar-refractivity contribution is 6.02. The van der Waals surface area contributed by atoms with Crippen molar-refractivity contribution >= 4 is 22.4 Å². The molecule has 0 bridgehead atoms. The second-order valence-corrected chi connectivity index (χ2v) is 6.17. The minimum Gasteiger partial charge on any atom is -0.358 e. The second-order valence-electron chi connectivity index (χ2n) is 6.17. The van der Waals surface area contributed by atoms with Crippen LogP contribution in [0.25, 0.3) is 10.8 Å². The van der Waals surface area contributed by atoms with Crippen LogP contribution in [0.2, 0.25) is 0 Å². The molecule has 1 aliphatic rings. The number of benzene rings is 3. The minimum atomic E-state index is -0.574. The lowest BCUT2D eigenvalue weighted by atomic mass is 9.92. The van der Waals surface area contributed by atoms with Crippen LogP contribution in [-0.4, -0.2) is 17.9 Å². The van der Waals surface area contributed by atoms with Crippen LogP contribution in [0.1, 0.15) is 22.8 Å². The third-order valence-corrected chi connectivity index (χ3v) is 4.82. The van der Waals surface area contributed by atoms with Crippen molar-refractivity contribution in [2.45, 2.75) is 12.6 Å². The van der Waals surface area contributed by atoms with Gasteiger partial charge >= 0.3 is 0 Å². The Morgan fingerprint density at radius 1 is 0.913 bits per heavy atom. The maximum atomic E-state index is 12.8. The van der Waals surface area contributed by atoms with E-state index in [1.54, 1.807) is 4.90 Å². The minimum absolute atomic E-state index is 0.0370. The van der Waals surface area contributed by atoms with Gasteiger partial charge in [0.1, 0.15) is 5.66 Å². The topological polar surface area (TPSA) is 32.3 Å². The average molecular weight is 302 g/mol. The third-order valence-electron chi connectivity index (χ3n) is 4.82. The van der Waals surface area contributed by atoms with Crippen LogP contribution in [0.4, 0.5) is 5.69 Å². The molecule has 0 spiro atoms. The highest BCUT2D eigenvalue weighted by Crippen LogP contribution is 2.37. The normalized spacial score (nSPS) is 20.3. The van der Waals surface area contributed by atoms with Crippen LogP contribution in [0.5, 0.6) is 0 Å². The number of rotatable bonds is 1. The van der Waals surface area contributed by atoms with E-state index in [2.05, 4.69) is 35.6 Å². The Bertz CT molecular complexity index is 918. The fraction of sp³-hybridized carbons (Fsp3) is 0.150. The van der Waals surface area contributed by atoms with Gasteiger partial charge in [-0.1, -0.05) is 48.5 Å². The van der Waals surface area contributed by atoms with Crippen molar-refractivity contribution in [2.75, 3.05) is 12.4 Å². The van der Waals surface area contributed by atoms with Gasteiger partial charge in [-0.15, -0.1) is 0 Å². The average Bonchev–Trinajstić information content (AvgIpc) is 2.59. The monoisotopic (exact) mass is 302 g/mol. The summed E-state index contributed by atoms with van der Waals surface area (Å²) in [6, 6.07) is 22.3. The molecule has 3 aromatic rings. The molecule has 0 saturated heterocycles. The first kappa shape index (κ1) is 13.8. The van der Waals surface area contributed by atoms with Crippen LogP contribution >= 0.6 is 0 Å². The standard InChI is InChI=1S/C20H18N2O/c1-20(16-12-11-14-7-3-4-8-15(14)13-16)21-18-10-6-5-9-17(18)19(23)22(20)2/h3-13,21H,1-2H3. The maximum absolute atomic E-state index is 12.8. The summed E-state index contributed by atoms with van der Waals surface area (Å²) < 4.78 is 0. The molecule has 1 aliphatic heterocycles. The Balaban J connectivity index is 1.87. The van der Waals surface area contributed by atoms with Gasteiger partial charge in [-0.2, -0.15) is 0 Å². The molecular weight excluding hydrogens is 284 g/mol. The zero-order valence-corrected chi connectivity index (χ0v) is 13.2. The number of amides is 1. The fourth-order valence-corrected chi connectivity index (χ4v) is 3.27. The molecule has 0 aromatic heterocycles. The number of hydrogen-bond acceptors (Lipinski definition) is 2. The number of nitrogens with zero attached hydrogens (tertiary/aromatic N) is 1. The summed E-state index contributed by atoms with van der Waals surface area (Å²) >= 11 is 0. The van der Waals surface area contributed by atoms with Gasteiger partial charge in [-0.3, -0.25) is 4.79 Å². The number of fused-ring (bicyclic) bond motifs is 2. The first-order valence-corrected chi connectivity index (χ1v) is 7.74. The van der Waals surface area contributed by atoms with Crippen LogP contribution in [0.3, 0.4) is 0 Å². The van der Waals surface area contributed by atoms with Gasteiger partial charge in [0, 0.05) is 12.7 Å². The van der Waals surface area contributed by atoms with E-state index in [0.29, 0.717) is 5.56 Å². The molecular formula is C20H18N2O. The quantitative estimate of drug-likeness (QED) is 0.730. The SMILES string of the molecule is CN1C(=O)c2ccccc2NC1(C)c1ccc2ccccc2c1. The molecule has 3 nitrogen and oxygen atoms in total. The molecule has 23 heavy (non-hydrogen) atoms. The summed E-state index contributed by atoms with van der Waals surface area (Å²) in [6.45, 7) is 2.05. The molecule has 3 heteroatoms. The van der Waals surface area contributed by atoms with E-state index in [0.717, 1.165) is 11.3 Å². The van der Waals surface area contributed by atoms with Crippen molar-refractivity contribution in [3.63, 3.8) is 0 Å². The number of carbonyl (C=O) groups is 1. The highest BCUT2D eigenvalue weighted by Gasteiger charge is 2.40. The lowest BCUT2D eigenvalue weighted by Crippen LogP contribution is -2.53. The maximum Gasteiger partial charge on any atom is 0.257 e. The van der Waals surface area contributed by atoms with E-state index in [1.807, 2.05) is 50.4 Å². The van der Waals surface area contributed by atoms with Crippen molar-refractivity contribution in [1.82, 2.24) is 4.90 Å². The van der Waals surface area contributed by atoms with E-state index in [-0.39, 0.29) is 5.91 Å². The van der Waals surface area contributed by atoms with Gasteiger partial charge in [0.2, 0.25) is 0 Å². The lowest BCUT2D eigenvalue weighted by molar-refractivity contribution is 0.0616. The van der Waals surface area contributed by atoms with E-state index in [9.17, 15) is 4.79 Å². The molecule has 3 aromatic carbocycles. The highest BCUT2D eigenvalue weighted by atomic mass is 16.2. The van der Waals surface area contributed by atoms with Crippen molar-refractivity contribution in [2.24, 2.45) is 0 Å². The second kappa shape index (κ2) is 4.85. The molecule has 0 aliphatic carbocycles. The molecule has 1 heterocycles. The predicted molar refractivity (Wildman–Crippen MR) is 93.5 cm³/mol. The molecule has 0 saturated carbocycles. The number of para-hydroxylation sites is 1. The Kier molecular flexibility index (Phi) is 2.91. The zero-order valence-electron chi connectivity index (χ0n) is 13.2. The third kappa shape index (κ3) is 2.00. The summed E-state index contributed by atoms with van der Waals surface area (Å²) in [5.74, 6) is 0.0370. The Hall–Kier alpha value is -2.81. The predicted octanol–water partition coefficient (Wildman–Crippen LogP) is 4.21. The molecule has 1 N–H and O–H groups in total. The van der Waals surface area contributed by atoms with Crippen LogP contribution in [0.15, 0.2) is 66.7 Å². The zero-order chi connectivity index (χ0) is 16.0. The number of carbonyl (C=O) groups excluding carboxylic acids is 1. The number of nitrogens with one attached hydrogen (secondary N) is 1. The van der Waals surface area contributed by atoms with Gasteiger partial charge < -0.3 is 10.2 Å². The lowest BCUT2D eigenvalue weighted by Gasteiger charge is -2.44. The van der Waals surface area contributed by atoms with Gasteiger partial charge in [0.15, 0.2) is 0 Å². The van der Waals surface area contributed by atoms with Gasteiger partial charge in [-0.25, -0.2) is 0 Å².